The van der Waals surface area contributed by atoms with Crippen LogP contribution in [-0.4, -0.2) is 99.8 Å². The number of aliphatic hydroxyl groups is 2. The molecule has 15 heteroatoms. The lowest BCUT2D eigenvalue weighted by atomic mass is 9.97. The fraction of sp³-hybridized carbons (Fsp3) is 0.684. The van der Waals surface area contributed by atoms with Crippen molar-refractivity contribution in [2.45, 2.75) is 148 Å². The van der Waals surface area contributed by atoms with Crippen molar-refractivity contribution in [1.82, 2.24) is 26.6 Å². The van der Waals surface area contributed by atoms with Gasteiger partial charge in [-0.3, -0.25) is 24.0 Å². The minimum Gasteiger partial charge on any atom is -0.508 e. The standard InChI is InChI=1S/C38H61N5O10/c1-7-9-10-11-12-13-27-20-31(47)39-28(18-22(3)4)34(48)41-30(21-44)36(50)43-33(24(6)45)37(51)40-29(19-25-14-16-26(46)17-15-25)35(49)42-32(23(5)8-2)38(52)53-27/h14-17,22-24,27-30,32-33,44-46H,7-13,18-21H2,1-6H3,(H,39,47)(H,40,51)(H,41,48)(H,42,49)(H,43,50)/t23-,24+,27+,28+,29+,30-,32-,33-/m0/s1. The molecule has 298 valence electrons. The fourth-order valence-corrected chi connectivity index (χ4v) is 5.97. The summed E-state index contributed by atoms with van der Waals surface area (Å²) in [5, 5.41) is 43.2. The van der Waals surface area contributed by atoms with Crippen LogP contribution in [0.5, 0.6) is 5.75 Å². The lowest BCUT2D eigenvalue weighted by Crippen LogP contribution is -2.62. The number of amides is 5. The Labute approximate surface area is 312 Å². The van der Waals surface area contributed by atoms with E-state index in [9.17, 15) is 44.1 Å². The number of ether oxygens (including phenoxy) is 1. The Morgan fingerprint density at radius 2 is 1.32 bits per heavy atom. The van der Waals surface area contributed by atoms with Gasteiger partial charge in [-0.2, -0.15) is 0 Å². The van der Waals surface area contributed by atoms with Crippen molar-refractivity contribution in [2.75, 3.05) is 6.61 Å². The number of cyclic esters (lactones) is 1. The topological polar surface area (TPSA) is 232 Å². The second-order valence-corrected chi connectivity index (χ2v) is 14.5. The van der Waals surface area contributed by atoms with Crippen LogP contribution in [0.4, 0.5) is 0 Å². The van der Waals surface area contributed by atoms with Gasteiger partial charge in [-0.1, -0.05) is 78.9 Å². The van der Waals surface area contributed by atoms with Crippen molar-refractivity contribution >= 4 is 35.5 Å². The van der Waals surface area contributed by atoms with E-state index in [2.05, 4.69) is 33.5 Å². The number of aliphatic hydroxyl groups excluding tert-OH is 2. The number of phenolic OH excluding ortho intramolecular Hbond substituents is 1. The highest BCUT2D eigenvalue weighted by Gasteiger charge is 2.37. The summed E-state index contributed by atoms with van der Waals surface area (Å²) in [4.78, 5) is 81.8. The predicted octanol–water partition coefficient (Wildman–Crippen LogP) is 1.50. The number of carbonyl (C=O) groups is 6. The van der Waals surface area contributed by atoms with Crippen molar-refractivity contribution < 1.29 is 48.8 Å². The Bertz CT molecular complexity index is 1360. The molecule has 1 saturated heterocycles. The number of nitrogens with one attached hydrogen (secondary N) is 5. The van der Waals surface area contributed by atoms with Crippen LogP contribution in [0.2, 0.25) is 0 Å². The van der Waals surface area contributed by atoms with Crippen LogP contribution in [-0.2, 0) is 39.9 Å². The lowest BCUT2D eigenvalue weighted by Gasteiger charge is -2.29. The number of rotatable bonds is 14. The molecule has 1 aliphatic rings. The zero-order valence-corrected chi connectivity index (χ0v) is 32.0. The zero-order chi connectivity index (χ0) is 39.7. The lowest BCUT2D eigenvalue weighted by molar-refractivity contribution is -0.156. The molecule has 0 radical (unpaired) electrons. The minimum absolute atomic E-state index is 0.0196. The molecule has 15 nitrogen and oxygen atoms in total. The molecule has 1 heterocycles. The summed E-state index contributed by atoms with van der Waals surface area (Å²) in [6.45, 7) is 9.74. The summed E-state index contributed by atoms with van der Waals surface area (Å²) in [6.07, 6.45) is 2.82. The number of hydrogen-bond acceptors (Lipinski definition) is 10. The van der Waals surface area contributed by atoms with Gasteiger partial charge in [0, 0.05) is 6.42 Å². The monoisotopic (exact) mass is 747 g/mol. The van der Waals surface area contributed by atoms with Gasteiger partial charge in [0.1, 0.15) is 42.1 Å². The number of benzene rings is 1. The summed E-state index contributed by atoms with van der Waals surface area (Å²) in [6, 6.07) is -0.900. The molecule has 1 fully saturated rings. The third-order valence-corrected chi connectivity index (χ3v) is 9.34. The average molecular weight is 748 g/mol. The molecule has 2 rings (SSSR count). The van der Waals surface area contributed by atoms with Gasteiger partial charge in [-0.05, 0) is 55.7 Å². The van der Waals surface area contributed by atoms with E-state index in [0.29, 0.717) is 24.8 Å². The Morgan fingerprint density at radius 1 is 0.736 bits per heavy atom. The summed E-state index contributed by atoms with van der Waals surface area (Å²) < 4.78 is 5.95. The number of aromatic hydroxyl groups is 1. The van der Waals surface area contributed by atoms with Crippen molar-refractivity contribution in [1.29, 1.82) is 0 Å². The number of carbonyl (C=O) groups excluding carboxylic acids is 6. The van der Waals surface area contributed by atoms with Gasteiger partial charge in [0.2, 0.25) is 29.5 Å². The van der Waals surface area contributed by atoms with Crippen LogP contribution in [0.3, 0.4) is 0 Å². The molecule has 0 aromatic heterocycles. The van der Waals surface area contributed by atoms with Crippen LogP contribution < -0.4 is 26.6 Å². The summed E-state index contributed by atoms with van der Waals surface area (Å²) in [5.74, 6) is -5.31. The SMILES string of the molecule is CCCCCCC[C@@H]1CC(=O)N[C@H](CC(C)C)C(=O)N[C@@H](CO)C(=O)N[C@@H]([C@@H](C)O)C(=O)N[C@H](Cc2ccc(O)cc2)C(=O)N[C@@H]([C@@H](C)CC)C(=O)O1. The van der Waals surface area contributed by atoms with Gasteiger partial charge < -0.3 is 46.6 Å². The highest BCUT2D eigenvalue weighted by molar-refractivity contribution is 5.96. The Hall–Kier alpha value is -4.24. The van der Waals surface area contributed by atoms with Crippen LogP contribution in [0.25, 0.3) is 0 Å². The van der Waals surface area contributed by atoms with Crippen molar-refractivity contribution in [3.8, 4) is 5.75 Å². The third-order valence-electron chi connectivity index (χ3n) is 9.34. The maximum atomic E-state index is 14.0. The molecule has 1 aromatic carbocycles. The maximum absolute atomic E-state index is 14.0. The first-order valence-corrected chi connectivity index (χ1v) is 18.9. The van der Waals surface area contributed by atoms with Crippen molar-refractivity contribution in [2.24, 2.45) is 11.8 Å². The van der Waals surface area contributed by atoms with E-state index in [1.165, 1.54) is 19.1 Å². The number of hydrogen-bond donors (Lipinski definition) is 8. The zero-order valence-electron chi connectivity index (χ0n) is 32.0. The second-order valence-electron chi connectivity index (χ2n) is 14.5. The molecule has 0 spiro atoms. The molecule has 0 unspecified atom stereocenters. The molecule has 5 amide bonds. The number of phenols is 1. The first-order chi connectivity index (χ1) is 25.1. The molecular weight excluding hydrogens is 686 g/mol. The minimum atomic E-state index is -1.63. The quantitative estimate of drug-likeness (QED) is 0.101. The van der Waals surface area contributed by atoms with Gasteiger partial charge in [-0.15, -0.1) is 0 Å². The Balaban J connectivity index is 2.61. The van der Waals surface area contributed by atoms with Gasteiger partial charge in [0.25, 0.3) is 0 Å². The second kappa shape index (κ2) is 22.7. The molecule has 1 aliphatic heterocycles. The molecule has 0 bridgehead atoms. The maximum Gasteiger partial charge on any atom is 0.329 e. The highest BCUT2D eigenvalue weighted by atomic mass is 16.5. The average Bonchev–Trinajstić information content (AvgIpc) is 3.10. The summed E-state index contributed by atoms with van der Waals surface area (Å²) >= 11 is 0. The van der Waals surface area contributed by atoms with E-state index in [1.54, 1.807) is 19.1 Å². The number of unbranched alkanes of at least 4 members (excludes halogenated alkanes) is 4. The van der Waals surface area contributed by atoms with Crippen LogP contribution >= 0.6 is 0 Å². The van der Waals surface area contributed by atoms with Gasteiger partial charge in [-0.25, -0.2) is 4.79 Å². The van der Waals surface area contributed by atoms with Crippen LogP contribution in [0.1, 0.15) is 105 Å². The van der Waals surface area contributed by atoms with Crippen LogP contribution in [0, 0.1) is 11.8 Å². The largest absolute Gasteiger partial charge is 0.508 e. The molecule has 0 saturated carbocycles. The molecule has 8 atom stereocenters. The molecule has 0 aliphatic carbocycles. The molecule has 53 heavy (non-hydrogen) atoms. The Kier molecular flexibility index (Phi) is 19.3. The third kappa shape index (κ3) is 15.3. The molecular formula is C38H61N5O10. The van der Waals surface area contributed by atoms with E-state index in [1.807, 2.05) is 20.8 Å². The fourth-order valence-electron chi connectivity index (χ4n) is 5.97. The van der Waals surface area contributed by atoms with E-state index >= 15 is 0 Å². The van der Waals surface area contributed by atoms with E-state index in [0.717, 1.165) is 25.7 Å². The van der Waals surface area contributed by atoms with Crippen LogP contribution in [0.15, 0.2) is 24.3 Å². The Morgan fingerprint density at radius 3 is 1.91 bits per heavy atom. The van der Waals surface area contributed by atoms with Gasteiger partial charge >= 0.3 is 5.97 Å². The van der Waals surface area contributed by atoms with E-state index < -0.39 is 90.4 Å². The molecule has 8 N–H and O–H groups in total. The van der Waals surface area contributed by atoms with E-state index in [4.69, 9.17) is 4.74 Å². The highest BCUT2D eigenvalue weighted by Crippen LogP contribution is 2.18. The predicted molar refractivity (Wildman–Crippen MR) is 197 cm³/mol. The first kappa shape index (κ1) is 44.9. The molecule has 1 aromatic rings. The smallest absolute Gasteiger partial charge is 0.329 e. The van der Waals surface area contributed by atoms with Crippen molar-refractivity contribution in [3.05, 3.63) is 29.8 Å². The van der Waals surface area contributed by atoms with Gasteiger partial charge in [0.15, 0.2) is 0 Å². The van der Waals surface area contributed by atoms with Crippen molar-refractivity contribution in [3.63, 3.8) is 0 Å². The summed E-state index contributed by atoms with van der Waals surface area (Å²) in [7, 11) is 0. The van der Waals surface area contributed by atoms with Gasteiger partial charge in [0.05, 0.1) is 19.1 Å². The first-order valence-electron chi connectivity index (χ1n) is 18.9. The normalized spacial score (nSPS) is 25.4. The number of esters is 1. The van der Waals surface area contributed by atoms with E-state index in [-0.39, 0.29) is 30.9 Å². The summed E-state index contributed by atoms with van der Waals surface area (Å²) in [5.41, 5.74) is 0.537.